The molecule has 1 fully saturated rings. The molecule has 0 bridgehead atoms. The van der Waals surface area contributed by atoms with Crippen molar-refractivity contribution in [3.8, 4) is 0 Å². The third-order valence-corrected chi connectivity index (χ3v) is 5.51. The van der Waals surface area contributed by atoms with E-state index < -0.39 is 0 Å². The van der Waals surface area contributed by atoms with Crippen molar-refractivity contribution in [3.05, 3.63) is 69.1 Å². The molecule has 120 valence electrons. The van der Waals surface area contributed by atoms with Crippen molar-refractivity contribution in [2.45, 2.75) is 11.7 Å². The molecule has 2 aromatic rings. The number of H-pyrrole nitrogens is 1. The summed E-state index contributed by atoms with van der Waals surface area (Å²) in [7, 11) is 0. The van der Waals surface area contributed by atoms with E-state index in [9.17, 15) is 9.59 Å². The van der Waals surface area contributed by atoms with Crippen molar-refractivity contribution in [2.24, 2.45) is 0 Å². The third-order valence-electron chi connectivity index (χ3n) is 3.90. The van der Waals surface area contributed by atoms with Gasteiger partial charge in [-0.3, -0.25) is 9.59 Å². The highest BCUT2D eigenvalue weighted by Crippen LogP contribution is 2.34. The van der Waals surface area contributed by atoms with Crippen LogP contribution in [-0.4, -0.2) is 34.6 Å². The number of nitrogens with zero attached hydrogens (tertiary/aromatic N) is 1. The van der Waals surface area contributed by atoms with Crippen LogP contribution in [0.3, 0.4) is 0 Å². The number of nitrogens with one attached hydrogen (secondary N) is 1. The van der Waals surface area contributed by atoms with Gasteiger partial charge in [-0.15, -0.1) is 0 Å². The Kier molecular flexibility index (Phi) is 5.08. The molecule has 23 heavy (non-hydrogen) atoms. The molecule has 1 aliphatic rings. The maximum absolute atomic E-state index is 12.6. The Morgan fingerprint density at radius 1 is 1.26 bits per heavy atom. The topological polar surface area (TPSA) is 53.2 Å². The third kappa shape index (κ3) is 3.79. The lowest BCUT2D eigenvalue weighted by atomic mass is 10.1. The maximum Gasteiger partial charge on any atom is 0.266 e. The van der Waals surface area contributed by atoms with Gasteiger partial charge in [-0.25, -0.2) is 0 Å². The van der Waals surface area contributed by atoms with Gasteiger partial charge in [-0.1, -0.05) is 41.9 Å². The molecule has 1 aliphatic heterocycles. The molecule has 1 saturated heterocycles. The number of halogens is 1. The number of aromatic amines is 1. The highest BCUT2D eigenvalue weighted by Gasteiger charge is 2.23. The van der Waals surface area contributed by atoms with Gasteiger partial charge in [0.15, 0.2) is 0 Å². The summed E-state index contributed by atoms with van der Waals surface area (Å²) in [6, 6.07) is 11.8. The van der Waals surface area contributed by atoms with E-state index in [0.29, 0.717) is 23.9 Å². The quantitative estimate of drug-likeness (QED) is 0.905. The minimum atomic E-state index is -0.376. The number of hydrogen-bond acceptors (Lipinski definition) is 3. The first-order valence-corrected chi connectivity index (χ1v) is 8.92. The molecular weight excluding hydrogens is 332 g/mol. The molecule has 1 aromatic heterocycles. The van der Waals surface area contributed by atoms with E-state index in [0.717, 1.165) is 12.2 Å². The monoisotopic (exact) mass is 348 g/mol. The van der Waals surface area contributed by atoms with Crippen LogP contribution in [0, 0.1) is 0 Å². The van der Waals surface area contributed by atoms with E-state index in [1.165, 1.54) is 17.8 Å². The number of benzene rings is 1. The van der Waals surface area contributed by atoms with Crippen molar-refractivity contribution >= 4 is 29.3 Å². The van der Waals surface area contributed by atoms with Gasteiger partial charge in [0.25, 0.3) is 11.5 Å². The molecule has 4 nitrogen and oxygen atoms in total. The molecule has 1 atom stereocenters. The average molecular weight is 349 g/mol. The van der Waals surface area contributed by atoms with E-state index in [4.69, 9.17) is 11.6 Å². The molecule has 1 aromatic carbocycles. The number of amides is 1. The second-order valence-corrected chi connectivity index (χ2v) is 7.13. The fourth-order valence-corrected chi connectivity index (χ4v) is 4.07. The lowest BCUT2D eigenvalue weighted by Gasteiger charge is -2.20. The number of hydrogen-bond donors (Lipinski definition) is 1. The SMILES string of the molecule is O=C(c1c[nH]c(=O)c(Cl)c1)N1CCS[C@@H](c2ccccc2)CC1. The van der Waals surface area contributed by atoms with E-state index >= 15 is 0 Å². The number of carbonyl (C=O) groups is 1. The summed E-state index contributed by atoms with van der Waals surface area (Å²) in [5.41, 5.74) is 1.36. The number of thioether (sulfide) groups is 1. The Labute approximate surface area is 143 Å². The van der Waals surface area contributed by atoms with Crippen molar-refractivity contribution in [2.75, 3.05) is 18.8 Å². The van der Waals surface area contributed by atoms with Crippen LogP contribution >= 0.6 is 23.4 Å². The van der Waals surface area contributed by atoms with Crippen LogP contribution in [0.1, 0.15) is 27.6 Å². The van der Waals surface area contributed by atoms with Gasteiger partial charge in [-0.2, -0.15) is 11.8 Å². The molecular formula is C17H17ClN2O2S. The average Bonchev–Trinajstić information content (AvgIpc) is 2.83. The largest absolute Gasteiger partial charge is 0.338 e. The normalized spacial score (nSPS) is 18.5. The zero-order valence-electron chi connectivity index (χ0n) is 12.5. The zero-order valence-corrected chi connectivity index (χ0v) is 14.1. The highest BCUT2D eigenvalue weighted by atomic mass is 35.5. The smallest absolute Gasteiger partial charge is 0.266 e. The number of aromatic nitrogens is 1. The molecule has 6 heteroatoms. The minimum absolute atomic E-state index is 0.0437. The molecule has 1 amide bonds. The molecule has 0 unspecified atom stereocenters. The summed E-state index contributed by atoms with van der Waals surface area (Å²) < 4.78 is 0. The Morgan fingerprint density at radius 2 is 2.04 bits per heavy atom. The molecule has 0 spiro atoms. The van der Waals surface area contributed by atoms with Crippen LogP contribution in [0.15, 0.2) is 47.4 Å². The molecule has 0 radical (unpaired) electrons. The van der Waals surface area contributed by atoms with Gasteiger partial charge in [0.05, 0.1) is 5.56 Å². The summed E-state index contributed by atoms with van der Waals surface area (Å²) >= 11 is 7.69. The first-order valence-electron chi connectivity index (χ1n) is 7.49. The van der Waals surface area contributed by atoms with Gasteiger partial charge in [0, 0.05) is 30.3 Å². The lowest BCUT2D eigenvalue weighted by molar-refractivity contribution is 0.0766. The molecule has 0 saturated carbocycles. The summed E-state index contributed by atoms with van der Waals surface area (Å²) in [6.45, 7) is 1.39. The van der Waals surface area contributed by atoms with Crippen LogP contribution in [0.5, 0.6) is 0 Å². The van der Waals surface area contributed by atoms with E-state index in [-0.39, 0.29) is 16.5 Å². The number of pyridine rings is 1. The van der Waals surface area contributed by atoms with Crippen molar-refractivity contribution in [3.63, 3.8) is 0 Å². The highest BCUT2D eigenvalue weighted by molar-refractivity contribution is 7.99. The van der Waals surface area contributed by atoms with Gasteiger partial charge in [0.2, 0.25) is 0 Å². The van der Waals surface area contributed by atoms with Crippen molar-refractivity contribution in [1.29, 1.82) is 0 Å². The molecule has 3 rings (SSSR count). The van der Waals surface area contributed by atoms with E-state index in [1.54, 1.807) is 0 Å². The van der Waals surface area contributed by atoms with Gasteiger partial charge >= 0.3 is 0 Å². The van der Waals surface area contributed by atoms with Crippen molar-refractivity contribution in [1.82, 2.24) is 9.88 Å². The summed E-state index contributed by atoms with van der Waals surface area (Å²) in [5, 5.41) is 0.454. The number of carbonyl (C=O) groups excluding carboxylic acids is 1. The number of rotatable bonds is 2. The van der Waals surface area contributed by atoms with Crippen LogP contribution < -0.4 is 5.56 Å². The summed E-state index contributed by atoms with van der Waals surface area (Å²) in [4.78, 5) is 28.2. The minimum Gasteiger partial charge on any atom is -0.338 e. The van der Waals surface area contributed by atoms with Crippen LogP contribution in [0.25, 0.3) is 0 Å². The van der Waals surface area contributed by atoms with Gasteiger partial charge in [-0.05, 0) is 18.1 Å². The summed E-state index contributed by atoms with van der Waals surface area (Å²) in [6.07, 6.45) is 2.35. The fraction of sp³-hybridized carbons (Fsp3) is 0.294. The van der Waals surface area contributed by atoms with Crippen LogP contribution in [-0.2, 0) is 0 Å². The first kappa shape index (κ1) is 16.1. The lowest BCUT2D eigenvalue weighted by Crippen LogP contribution is -2.33. The molecule has 2 heterocycles. The predicted octanol–water partition coefficient (Wildman–Crippen LogP) is 3.35. The molecule has 1 N–H and O–H groups in total. The Balaban J connectivity index is 1.71. The predicted molar refractivity (Wildman–Crippen MR) is 94.2 cm³/mol. The summed E-state index contributed by atoms with van der Waals surface area (Å²) in [5.74, 6) is 0.806. The Bertz CT molecular complexity index is 748. The van der Waals surface area contributed by atoms with E-state index in [1.807, 2.05) is 34.9 Å². The second-order valence-electron chi connectivity index (χ2n) is 5.42. The van der Waals surface area contributed by atoms with Gasteiger partial charge < -0.3 is 9.88 Å². The Hall–Kier alpha value is -1.72. The second kappa shape index (κ2) is 7.23. The Morgan fingerprint density at radius 3 is 2.78 bits per heavy atom. The van der Waals surface area contributed by atoms with Gasteiger partial charge in [0.1, 0.15) is 5.02 Å². The van der Waals surface area contributed by atoms with E-state index in [2.05, 4.69) is 17.1 Å². The fourth-order valence-electron chi connectivity index (χ4n) is 2.67. The zero-order chi connectivity index (χ0) is 16.2. The molecule has 0 aliphatic carbocycles. The van der Waals surface area contributed by atoms with Crippen LogP contribution in [0.4, 0.5) is 0 Å². The van der Waals surface area contributed by atoms with Crippen molar-refractivity contribution < 1.29 is 4.79 Å². The first-order chi connectivity index (χ1) is 11.1. The van der Waals surface area contributed by atoms with Crippen LogP contribution in [0.2, 0.25) is 5.02 Å². The maximum atomic E-state index is 12.6. The standard InChI is InChI=1S/C17H17ClN2O2S/c18-14-10-13(11-19-16(14)21)17(22)20-7-6-15(23-9-8-20)12-4-2-1-3-5-12/h1-5,10-11,15H,6-9H2,(H,19,21)/t15-/m1/s1.